The van der Waals surface area contributed by atoms with Gasteiger partial charge < -0.3 is 10.4 Å². The smallest absolute Gasteiger partial charge is 0.176 e. The van der Waals surface area contributed by atoms with Crippen LogP contribution in [0.3, 0.4) is 0 Å². The maximum Gasteiger partial charge on any atom is 0.176 e. The zero-order chi connectivity index (χ0) is 12.5. The molecule has 1 aromatic carbocycles. The Morgan fingerprint density at radius 1 is 1.17 bits per heavy atom. The van der Waals surface area contributed by atoms with Gasteiger partial charge in [0.25, 0.3) is 0 Å². The maximum absolute atomic E-state index is 10.2. The number of rotatable bonds is 1. The lowest BCUT2D eigenvalue weighted by Crippen LogP contribution is -2.13. The van der Waals surface area contributed by atoms with E-state index in [0.717, 1.165) is 23.1 Å². The van der Waals surface area contributed by atoms with Crippen LogP contribution in [0.15, 0.2) is 35.5 Å². The first kappa shape index (κ1) is 10.8. The van der Waals surface area contributed by atoms with E-state index in [0.29, 0.717) is 29.3 Å². The fourth-order valence-electron chi connectivity index (χ4n) is 2.31. The summed E-state index contributed by atoms with van der Waals surface area (Å²) in [6.45, 7) is 0. The van der Waals surface area contributed by atoms with Gasteiger partial charge in [-0.2, -0.15) is 4.73 Å². The van der Waals surface area contributed by atoms with Gasteiger partial charge in [0.05, 0.1) is 5.69 Å². The lowest BCUT2D eigenvalue weighted by atomic mass is 9.99. The Kier molecular flexibility index (Phi) is 2.51. The van der Waals surface area contributed by atoms with Crippen molar-refractivity contribution in [3.8, 4) is 11.4 Å². The van der Waals surface area contributed by atoms with E-state index in [1.807, 2.05) is 30.3 Å². The molecule has 2 aromatic rings. The molecule has 1 aliphatic carbocycles. The van der Waals surface area contributed by atoms with Crippen LogP contribution in [-0.4, -0.2) is 25.8 Å². The van der Waals surface area contributed by atoms with Crippen LogP contribution >= 0.6 is 0 Å². The van der Waals surface area contributed by atoms with Gasteiger partial charge in [-0.1, -0.05) is 35.5 Å². The highest BCUT2D eigenvalue weighted by molar-refractivity contribution is 6.00. The predicted octanol–water partition coefficient (Wildman–Crippen LogP) is 2.30. The number of aromatic nitrogens is 2. The van der Waals surface area contributed by atoms with Crippen LogP contribution < -0.4 is 0 Å². The molecule has 0 unspecified atom stereocenters. The van der Waals surface area contributed by atoms with Crippen LogP contribution in [0.4, 0.5) is 0 Å². The number of fused-ring (bicyclic) bond motifs is 1. The van der Waals surface area contributed by atoms with E-state index in [4.69, 9.17) is 5.21 Å². The molecule has 0 amide bonds. The summed E-state index contributed by atoms with van der Waals surface area (Å²) in [5.41, 5.74) is 2.70. The van der Waals surface area contributed by atoms with E-state index < -0.39 is 0 Å². The fourth-order valence-corrected chi connectivity index (χ4v) is 2.31. The van der Waals surface area contributed by atoms with Crippen molar-refractivity contribution in [3.63, 3.8) is 0 Å². The Bertz CT molecular complexity index is 602. The summed E-state index contributed by atoms with van der Waals surface area (Å²) in [4.78, 5) is 4.39. The molecule has 0 bridgehead atoms. The summed E-state index contributed by atoms with van der Waals surface area (Å²) in [5, 5.41) is 22.4. The highest BCUT2D eigenvalue weighted by Gasteiger charge is 2.25. The van der Waals surface area contributed by atoms with Crippen molar-refractivity contribution < 1.29 is 10.4 Å². The minimum atomic E-state index is 0.489. The lowest BCUT2D eigenvalue weighted by molar-refractivity contribution is 0.181. The zero-order valence-electron chi connectivity index (χ0n) is 9.74. The molecule has 3 rings (SSSR count). The van der Waals surface area contributed by atoms with Gasteiger partial charge in [0.2, 0.25) is 0 Å². The second kappa shape index (κ2) is 4.18. The molecule has 0 saturated carbocycles. The third-order valence-electron chi connectivity index (χ3n) is 3.20. The zero-order valence-corrected chi connectivity index (χ0v) is 9.74. The predicted molar refractivity (Wildman–Crippen MR) is 66.1 cm³/mol. The number of hydrogen-bond donors (Lipinski definition) is 2. The van der Waals surface area contributed by atoms with Crippen molar-refractivity contribution in [1.29, 1.82) is 0 Å². The van der Waals surface area contributed by atoms with Crippen LogP contribution in [0.25, 0.3) is 11.4 Å². The van der Waals surface area contributed by atoms with Crippen molar-refractivity contribution in [2.75, 3.05) is 0 Å². The average Bonchev–Trinajstić information content (AvgIpc) is 2.77. The molecule has 0 aliphatic heterocycles. The van der Waals surface area contributed by atoms with Gasteiger partial charge in [0.15, 0.2) is 5.82 Å². The molecule has 0 spiro atoms. The van der Waals surface area contributed by atoms with Gasteiger partial charge in [-0.15, -0.1) is 0 Å². The molecular formula is C13H13N3O2. The normalized spacial score (nSPS) is 16.8. The minimum Gasteiger partial charge on any atom is -0.427 e. The number of oxime groups is 1. The Labute approximate surface area is 104 Å². The van der Waals surface area contributed by atoms with Crippen molar-refractivity contribution in [1.82, 2.24) is 9.71 Å². The molecule has 0 radical (unpaired) electrons. The van der Waals surface area contributed by atoms with E-state index in [1.54, 1.807) is 0 Å². The molecule has 2 N–H and O–H groups in total. The van der Waals surface area contributed by atoms with Crippen molar-refractivity contribution in [2.45, 2.75) is 19.3 Å². The highest BCUT2D eigenvalue weighted by atomic mass is 16.5. The molecule has 5 heteroatoms. The average molecular weight is 243 g/mol. The first-order valence-corrected chi connectivity index (χ1v) is 5.89. The number of imidazole rings is 1. The molecule has 18 heavy (non-hydrogen) atoms. The maximum atomic E-state index is 10.2. The fraction of sp³-hybridized carbons (Fsp3) is 0.231. The van der Waals surface area contributed by atoms with Crippen LogP contribution in [-0.2, 0) is 6.42 Å². The second-order valence-electron chi connectivity index (χ2n) is 4.31. The molecule has 1 aliphatic rings. The standard InChI is InChI=1S/C13H13N3O2/c17-15-10-7-4-8-11-12(10)14-13(16(11)18)9-5-2-1-3-6-9/h1-3,5-6,17-18H,4,7-8H2. The number of hydrogen-bond acceptors (Lipinski definition) is 4. The summed E-state index contributed by atoms with van der Waals surface area (Å²) >= 11 is 0. The SMILES string of the molecule is ON=C1CCCc2c1nc(-c1ccccc1)n2O. The summed E-state index contributed by atoms with van der Waals surface area (Å²) < 4.78 is 1.11. The molecule has 5 nitrogen and oxygen atoms in total. The van der Waals surface area contributed by atoms with Crippen molar-refractivity contribution in [3.05, 3.63) is 41.7 Å². The van der Waals surface area contributed by atoms with E-state index in [9.17, 15) is 5.21 Å². The molecule has 0 atom stereocenters. The lowest BCUT2D eigenvalue weighted by Gasteiger charge is -2.11. The van der Waals surface area contributed by atoms with E-state index in [1.165, 1.54) is 0 Å². The van der Waals surface area contributed by atoms with Gasteiger partial charge in [0.1, 0.15) is 11.4 Å². The Hall–Kier alpha value is -2.30. The van der Waals surface area contributed by atoms with Crippen LogP contribution in [0.5, 0.6) is 0 Å². The quantitative estimate of drug-likeness (QED) is 0.458. The Balaban J connectivity index is 2.17. The van der Waals surface area contributed by atoms with Gasteiger partial charge in [-0.05, 0) is 19.3 Å². The summed E-state index contributed by atoms with van der Waals surface area (Å²) in [6, 6.07) is 9.47. The summed E-state index contributed by atoms with van der Waals surface area (Å²) in [5.74, 6) is 0.489. The Morgan fingerprint density at radius 2 is 1.94 bits per heavy atom. The first-order chi connectivity index (χ1) is 8.81. The third kappa shape index (κ3) is 1.55. The van der Waals surface area contributed by atoms with Crippen LogP contribution in [0, 0.1) is 0 Å². The molecule has 1 heterocycles. The minimum absolute atomic E-state index is 0.489. The van der Waals surface area contributed by atoms with Gasteiger partial charge >= 0.3 is 0 Å². The number of nitrogens with zero attached hydrogens (tertiary/aromatic N) is 3. The molecule has 1 aromatic heterocycles. The third-order valence-corrected chi connectivity index (χ3v) is 3.20. The van der Waals surface area contributed by atoms with Crippen LogP contribution in [0.2, 0.25) is 0 Å². The van der Waals surface area contributed by atoms with E-state index >= 15 is 0 Å². The van der Waals surface area contributed by atoms with Gasteiger partial charge in [0, 0.05) is 5.56 Å². The summed E-state index contributed by atoms with van der Waals surface area (Å²) in [6.07, 6.45) is 2.28. The molecule has 0 fully saturated rings. The largest absolute Gasteiger partial charge is 0.427 e. The second-order valence-corrected chi connectivity index (χ2v) is 4.31. The number of benzene rings is 1. The van der Waals surface area contributed by atoms with Gasteiger partial charge in [-0.3, -0.25) is 0 Å². The van der Waals surface area contributed by atoms with Crippen molar-refractivity contribution >= 4 is 5.71 Å². The van der Waals surface area contributed by atoms with E-state index in [2.05, 4.69) is 10.1 Å². The van der Waals surface area contributed by atoms with Gasteiger partial charge in [-0.25, -0.2) is 4.98 Å². The summed E-state index contributed by atoms with van der Waals surface area (Å²) in [7, 11) is 0. The van der Waals surface area contributed by atoms with Crippen LogP contribution in [0.1, 0.15) is 24.2 Å². The molecule has 0 saturated heterocycles. The monoisotopic (exact) mass is 243 g/mol. The highest BCUT2D eigenvalue weighted by Crippen LogP contribution is 2.26. The molecular weight excluding hydrogens is 230 g/mol. The van der Waals surface area contributed by atoms with Crippen molar-refractivity contribution in [2.24, 2.45) is 5.16 Å². The first-order valence-electron chi connectivity index (χ1n) is 5.89. The van der Waals surface area contributed by atoms with E-state index in [-0.39, 0.29) is 0 Å². The Morgan fingerprint density at radius 3 is 2.67 bits per heavy atom. The topological polar surface area (TPSA) is 70.6 Å². The molecule has 92 valence electrons.